The van der Waals surface area contributed by atoms with Gasteiger partial charge < -0.3 is 9.47 Å². The Labute approximate surface area is 148 Å². The van der Waals surface area contributed by atoms with E-state index in [0.717, 1.165) is 38.9 Å². The molecule has 0 bridgehead atoms. The van der Waals surface area contributed by atoms with E-state index in [1.165, 1.54) is 5.56 Å². The van der Waals surface area contributed by atoms with Crippen LogP contribution in [0.1, 0.15) is 44.1 Å². The number of rotatable bonds is 3. The lowest BCUT2D eigenvalue weighted by Gasteiger charge is -2.37. The first-order chi connectivity index (χ1) is 11.2. The third-order valence-electron chi connectivity index (χ3n) is 4.99. The molecule has 1 saturated carbocycles. The van der Waals surface area contributed by atoms with Gasteiger partial charge in [0.1, 0.15) is 0 Å². The van der Waals surface area contributed by atoms with E-state index in [1.54, 1.807) is 0 Å². The fourth-order valence-electron chi connectivity index (χ4n) is 3.68. The van der Waals surface area contributed by atoms with E-state index in [1.807, 2.05) is 19.1 Å². The van der Waals surface area contributed by atoms with Gasteiger partial charge in [0.15, 0.2) is 6.29 Å². The van der Waals surface area contributed by atoms with Gasteiger partial charge >= 0.3 is 0 Å². The molecular formula is C19H24Cl2O2. The molecule has 0 spiro atoms. The molecule has 0 radical (unpaired) electrons. The van der Waals surface area contributed by atoms with Crippen LogP contribution in [0.3, 0.4) is 0 Å². The molecule has 1 aromatic carbocycles. The Hall–Kier alpha value is -0.540. The molecule has 126 valence electrons. The molecular weight excluding hydrogens is 331 g/mol. The standard InChI is InChI=1S/C19H24Cl2O2/c1-2-3-13-11-22-19(23-12-13)15-6-4-14(5-7-15)16-8-9-17(20)18(21)10-16/h2-3,8-10,13-15,19H,4-7,11-12H2,1H3. The Morgan fingerprint density at radius 1 is 1.00 bits per heavy atom. The quantitative estimate of drug-likeness (QED) is 0.635. The minimum Gasteiger partial charge on any atom is -0.352 e. The summed E-state index contributed by atoms with van der Waals surface area (Å²) in [5, 5.41) is 1.28. The number of hydrogen-bond donors (Lipinski definition) is 0. The van der Waals surface area contributed by atoms with Crippen LogP contribution in [0.15, 0.2) is 30.4 Å². The zero-order chi connectivity index (χ0) is 16.2. The first-order valence-corrected chi connectivity index (χ1v) is 9.24. The third kappa shape index (κ3) is 4.30. The van der Waals surface area contributed by atoms with Crippen molar-refractivity contribution in [3.05, 3.63) is 46.0 Å². The van der Waals surface area contributed by atoms with Gasteiger partial charge in [0.25, 0.3) is 0 Å². The Morgan fingerprint density at radius 3 is 2.30 bits per heavy atom. The van der Waals surface area contributed by atoms with Gasteiger partial charge in [-0.15, -0.1) is 0 Å². The zero-order valence-corrected chi connectivity index (χ0v) is 15.0. The monoisotopic (exact) mass is 354 g/mol. The van der Waals surface area contributed by atoms with Crippen molar-refractivity contribution in [2.75, 3.05) is 13.2 Å². The second-order valence-electron chi connectivity index (χ2n) is 6.61. The van der Waals surface area contributed by atoms with E-state index in [9.17, 15) is 0 Å². The summed E-state index contributed by atoms with van der Waals surface area (Å²) in [7, 11) is 0. The first kappa shape index (κ1) is 17.3. The molecule has 1 saturated heterocycles. The highest BCUT2D eigenvalue weighted by atomic mass is 35.5. The summed E-state index contributed by atoms with van der Waals surface area (Å²) in [6.07, 6.45) is 8.81. The van der Waals surface area contributed by atoms with Crippen LogP contribution in [0.4, 0.5) is 0 Å². The molecule has 23 heavy (non-hydrogen) atoms. The fourth-order valence-corrected chi connectivity index (χ4v) is 3.99. The molecule has 0 amide bonds. The SMILES string of the molecule is CC=CC1COC(C2CCC(c3ccc(Cl)c(Cl)c3)CC2)OC1. The summed E-state index contributed by atoms with van der Waals surface area (Å²) in [6, 6.07) is 6.03. The van der Waals surface area contributed by atoms with E-state index in [-0.39, 0.29) is 6.29 Å². The minimum atomic E-state index is -0.0220. The second-order valence-corrected chi connectivity index (χ2v) is 7.42. The Bertz CT molecular complexity index is 542. The average molecular weight is 355 g/mol. The summed E-state index contributed by atoms with van der Waals surface area (Å²) in [5.41, 5.74) is 1.30. The zero-order valence-electron chi connectivity index (χ0n) is 13.5. The minimum absolute atomic E-state index is 0.0220. The lowest BCUT2D eigenvalue weighted by molar-refractivity contribution is -0.222. The van der Waals surface area contributed by atoms with Gasteiger partial charge in [-0.2, -0.15) is 0 Å². The molecule has 1 aromatic rings. The van der Waals surface area contributed by atoms with Crippen LogP contribution in [0, 0.1) is 11.8 Å². The lowest BCUT2D eigenvalue weighted by Crippen LogP contribution is -2.37. The third-order valence-corrected chi connectivity index (χ3v) is 5.72. The number of hydrogen-bond acceptors (Lipinski definition) is 2. The van der Waals surface area contributed by atoms with Crippen LogP contribution in [-0.2, 0) is 9.47 Å². The Kier molecular flexibility index (Phi) is 6.03. The highest BCUT2D eigenvalue weighted by molar-refractivity contribution is 6.42. The van der Waals surface area contributed by atoms with Crippen molar-refractivity contribution in [3.8, 4) is 0 Å². The van der Waals surface area contributed by atoms with E-state index in [2.05, 4.69) is 18.2 Å². The summed E-state index contributed by atoms with van der Waals surface area (Å²) in [5.74, 6) is 1.49. The maximum atomic E-state index is 6.15. The molecule has 2 fully saturated rings. The maximum Gasteiger partial charge on any atom is 0.160 e. The molecule has 2 aliphatic rings. The normalized spacial score (nSPS) is 32.3. The smallest absolute Gasteiger partial charge is 0.160 e. The van der Waals surface area contributed by atoms with Gasteiger partial charge in [0.2, 0.25) is 0 Å². The van der Waals surface area contributed by atoms with E-state index < -0.39 is 0 Å². The van der Waals surface area contributed by atoms with Crippen molar-refractivity contribution < 1.29 is 9.47 Å². The molecule has 0 unspecified atom stereocenters. The predicted molar refractivity (Wildman–Crippen MR) is 95.2 cm³/mol. The molecule has 0 atom stereocenters. The van der Waals surface area contributed by atoms with Gasteiger partial charge in [-0.3, -0.25) is 0 Å². The van der Waals surface area contributed by atoms with Crippen molar-refractivity contribution in [1.29, 1.82) is 0 Å². The van der Waals surface area contributed by atoms with Crippen LogP contribution >= 0.6 is 23.2 Å². The molecule has 0 N–H and O–H groups in total. The van der Waals surface area contributed by atoms with Crippen LogP contribution < -0.4 is 0 Å². The van der Waals surface area contributed by atoms with Crippen molar-refractivity contribution in [3.63, 3.8) is 0 Å². The molecule has 1 aliphatic carbocycles. The Morgan fingerprint density at radius 2 is 1.70 bits per heavy atom. The second kappa shape index (κ2) is 8.02. The van der Waals surface area contributed by atoms with Gasteiger partial charge in [0.05, 0.1) is 23.3 Å². The molecule has 4 heteroatoms. The van der Waals surface area contributed by atoms with E-state index >= 15 is 0 Å². The van der Waals surface area contributed by atoms with Crippen molar-refractivity contribution in [2.24, 2.45) is 11.8 Å². The predicted octanol–water partition coefficient (Wildman–Crippen LogP) is 5.83. The number of benzene rings is 1. The number of halogens is 2. The van der Waals surface area contributed by atoms with Gasteiger partial charge in [-0.05, 0) is 56.2 Å². The summed E-state index contributed by atoms with van der Waals surface area (Å²) < 4.78 is 11.9. The Balaban J connectivity index is 1.51. The summed E-state index contributed by atoms with van der Waals surface area (Å²) in [6.45, 7) is 3.60. The van der Waals surface area contributed by atoms with Crippen LogP contribution in [0.2, 0.25) is 10.0 Å². The van der Waals surface area contributed by atoms with E-state index in [4.69, 9.17) is 32.7 Å². The van der Waals surface area contributed by atoms with Gasteiger partial charge in [0, 0.05) is 11.8 Å². The van der Waals surface area contributed by atoms with Crippen molar-refractivity contribution in [2.45, 2.75) is 44.8 Å². The van der Waals surface area contributed by atoms with Crippen molar-refractivity contribution >= 4 is 23.2 Å². The van der Waals surface area contributed by atoms with Gasteiger partial charge in [-0.25, -0.2) is 0 Å². The van der Waals surface area contributed by atoms with Gasteiger partial charge in [-0.1, -0.05) is 41.4 Å². The van der Waals surface area contributed by atoms with Crippen LogP contribution in [-0.4, -0.2) is 19.5 Å². The van der Waals surface area contributed by atoms with E-state index in [0.29, 0.717) is 27.8 Å². The largest absolute Gasteiger partial charge is 0.352 e. The molecule has 1 heterocycles. The topological polar surface area (TPSA) is 18.5 Å². The summed E-state index contributed by atoms with van der Waals surface area (Å²) >= 11 is 12.2. The molecule has 1 aliphatic heterocycles. The lowest BCUT2D eigenvalue weighted by atomic mass is 9.78. The molecule has 3 rings (SSSR count). The summed E-state index contributed by atoms with van der Waals surface area (Å²) in [4.78, 5) is 0. The van der Waals surface area contributed by atoms with Crippen LogP contribution in [0.25, 0.3) is 0 Å². The van der Waals surface area contributed by atoms with Crippen molar-refractivity contribution in [1.82, 2.24) is 0 Å². The molecule has 2 nitrogen and oxygen atoms in total. The number of ether oxygens (including phenoxy) is 2. The molecule has 0 aromatic heterocycles. The maximum absolute atomic E-state index is 6.15. The highest BCUT2D eigenvalue weighted by Crippen LogP contribution is 2.40. The highest BCUT2D eigenvalue weighted by Gasteiger charge is 2.32. The fraction of sp³-hybridized carbons (Fsp3) is 0.579. The van der Waals surface area contributed by atoms with Crippen LogP contribution in [0.5, 0.6) is 0 Å². The number of allylic oxidation sites excluding steroid dienone is 1. The average Bonchev–Trinajstić information content (AvgIpc) is 2.59. The first-order valence-electron chi connectivity index (χ1n) is 8.48.